The standard InChI is InChI=1S/C7H11N5/c1-5-7(2,3)8-6-9-10-11-12(6)4/h1H,2-4H3,(H,8,9,11). The molecule has 0 aliphatic heterocycles. The summed E-state index contributed by atoms with van der Waals surface area (Å²) in [7, 11) is 1.74. The number of aromatic nitrogens is 4. The fourth-order valence-corrected chi connectivity index (χ4v) is 0.651. The fourth-order valence-electron chi connectivity index (χ4n) is 0.651. The molecule has 64 valence electrons. The van der Waals surface area contributed by atoms with Crippen LogP contribution in [0.15, 0.2) is 0 Å². The van der Waals surface area contributed by atoms with E-state index in [4.69, 9.17) is 6.42 Å². The van der Waals surface area contributed by atoms with Crippen molar-refractivity contribution in [3.8, 4) is 12.3 Å². The lowest BCUT2D eigenvalue weighted by Crippen LogP contribution is -2.30. The largest absolute Gasteiger partial charge is 0.337 e. The molecule has 5 nitrogen and oxygen atoms in total. The zero-order valence-corrected chi connectivity index (χ0v) is 7.37. The average molecular weight is 165 g/mol. The summed E-state index contributed by atoms with van der Waals surface area (Å²) in [4.78, 5) is 0. The summed E-state index contributed by atoms with van der Waals surface area (Å²) in [5.41, 5.74) is -0.428. The first-order valence-corrected chi connectivity index (χ1v) is 3.53. The second-order valence-electron chi connectivity index (χ2n) is 3.02. The first-order chi connectivity index (χ1) is 5.55. The zero-order valence-electron chi connectivity index (χ0n) is 7.37. The molecule has 0 radical (unpaired) electrons. The highest BCUT2D eigenvalue weighted by Gasteiger charge is 2.15. The molecule has 0 amide bonds. The Kier molecular flexibility index (Phi) is 2.00. The second-order valence-corrected chi connectivity index (χ2v) is 3.02. The number of nitrogens with zero attached hydrogens (tertiary/aromatic N) is 4. The van der Waals surface area contributed by atoms with Gasteiger partial charge in [0, 0.05) is 7.05 Å². The number of nitrogens with one attached hydrogen (secondary N) is 1. The molecular weight excluding hydrogens is 154 g/mol. The highest BCUT2D eigenvalue weighted by atomic mass is 15.6. The van der Waals surface area contributed by atoms with Gasteiger partial charge in [0.25, 0.3) is 0 Å². The van der Waals surface area contributed by atoms with Crippen LogP contribution < -0.4 is 5.32 Å². The fraction of sp³-hybridized carbons (Fsp3) is 0.571. The van der Waals surface area contributed by atoms with Crippen LogP contribution >= 0.6 is 0 Å². The van der Waals surface area contributed by atoms with E-state index in [-0.39, 0.29) is 0 Å². The molecule has 0 saturated carbocycles. The lowest BCUT2D eigenvalue weighted by Gasteiger charge is -2.18. The Hall–Kier alpha value is -1.57. The van der Waals surface area contributed by atoms with Crippen molar-refractivity contribution in [2.45, 2.75) is 19.4 Å². The summed E-state index contributed by atoms with van der Waals surface area (Å²) in [6.45, 7) is 3.75. The Balaban J connectivity index is 2.78. The van der Waals surface area contributed by atoms with Gasteiger partial charge in [-0.2, -0.15) is 0 Å². The van der Waals surface area contributed by atoms with E-state index in [1.54, 1.807) is 7.05 Å². The van der Waals surface area contributed by atoms with Gasteiger partial charge in [0.05, 0.1) is 5.54 Å². The predicted octanol–water partition coefficient (Wildman–Crippen LogP) is 0.0338. The molecule has 0 aliphatic carbocycles. The van der Waals surface area contributed by atoms with Crippen LogP contribution in [0.4, 0.5) is 5.95 Å². The van der Waals surface area contributed by atoms with Crippen LogP contribution in [0.2, 0.25) is 0 Å². The van der Waals surface area contributed by atoms with E-state index in [0.29, 0.717) is 5.95 Å². The molecule has 0 bridgehead atoms. The van der Waals surface area contributed by atoms with E-state index >= 15 is 0 Å². The molecule has 0 atom stereocenters. The van der Waals surface area contributed by atoms with Crippen molar-refractivity contribution in [3.63, 3.8) is 0 Å². The summed E-state index contributed by atoms with van der Waals surface area (Å²) in [6.07, 6.45) is 5.28. The molecule has 12 heavy (non-hydrogen) atoms. The lowest BCUT2D eigenvalue weighted by atomic mass is 10.1. The molecule has 5 heteroatoms. The van der Waals surface area contributed by atoms with Gasteiger partial charge >= 0.3 is 0 Å². The Bertz CT molecular complexity index is 306. The minimum Gasteiger partial charge on any atom is -0.337 e. The highest BCUT2D eigenvalue weighted by molar-refractivity contribution is 5.32. The van der Waals surface area contributed by atoms with E-state index in [0.717, 1.165) is 0 Å². The summed E-state index contributed by atoms with van der Waals surface area (Å²) >= 11 is 0. The smallest absolute Gasteiger partial charge is 0.243 e. The van der Waals surface area contributed by atoms with Gasteiger partial charge in [-0.1, -0.05) is 11.0 Å². The first-order valence-electron chi connectivity index (χ1n) is 3.53. The Morgan fingerprint density at radius 1 is 1.58 bits per heavy atom. The number of tetrazole rings is 1. The van der Waals surface area contributed by atoms with Crippen molar-refractivity contribution in [3.05, 3.63) is 0 Å². The van der Waals surface area contributed by atoms with E-state index in [9.17, 15) is 0 Å². The van der Waals surface area contributed by atoms with Crippen LogP contribution in [0, 0.1) is 12.3 Å². The molecule has 1 heterocycles. The van der Waals surface area contributed by atoms with Crippen molar-refractivity contribution in [1.29, 1.82) is 0 Å². The molecule has 0 aliphatic rings. The number of anilines is 1. The van der Waals surface area contributed by atoms with Crippen LogP contribution in [0.25, 0.3) is 0 Å². The number of aryl methyl sites for hydroxylation is 1. The molecule has 0 fully saturated rings. The highest BCUT2D eigenvalue weighted by Crippen LogP contribution is 2.08. The van der Waals surface area contributed by atoms with Gasteiger partial charge in [-0.05, 0) is 24.3 Å². The molecule has 1 aromatic heterocycles. The SMILES string of the molecule is C#CC(C)(C)Nc1nnnn1C. The number of hydrogen-bond donors (Lipinski definition) is 1. The molecule has 1 aromatic rings. The van der Waals surface area contributed by atoms with Gasteiger partial charge in [0.1, 0.15) is 0 Å². The van der Waals surface area contributed by atoms with Crippen molar-refractivity contribution in [2.24, 2.45) is 7.05 Å². The third-order valence-corrected chi connectivity index (χ3v) is 1.41. The normalized spacial score (nSPS) is 10.8. The molecule has 0 aromatic carbocycles. The summed E-state index contributed by atoms with van der Waals surface area (Å²) in [6, 6.07) is 0. The van der Waals surface area contributed by atoms with Crippen molar-refractivity contribution >= 4 is 5.95 Å². The van der Waals surface area contributed by atoms with Gasteiger partial charge in [-0.25, -0.2) is 4.68 Å². The Morgan fingerprint density at radius 3 is 2.67 bits per heavy atom. The average Bonchev–Trinajstić information content (AvgIpc) is 2.36. The zero-order chi connectivity index (χ0) is 9.19. The third-order valence-electron chi connectivity index (χ3n) is 1.41. The molecule has 0 unspecified atom stereocenters. The molecule has 1 rings (SSSR count). The number of hydrogen-bond acceptors (Lipinski definition) is 4. The maximum absolute atomic E-state index is 5.28. The lowest BCUT2D eigenvalue weighted by molar-refractivity contribution is 0.681. The first kappa shape index (κ1) is 8.53. The summed E-state index contributed by atoms with van der Waals surface area (Å²) in [5.74, 6) is 3.15. The van der Waals surface area contributed by atoms with Crippen LogP contribution in [0.5, 0.6) is 0 Å². The monoisotopic (exact) mass is 165 g/mol. The minimum atomic E-state index is -0.428. The van der Waals surface area contributed by atoms with E-state index in [2.05, 4.69) is 26.8 Å². The number of rotatable bonds is 2. The van der Waals surface area contributed by atoms with Crippen molar-refractivity contribution < 1.29 is 0 Å². The Morgan fingerprint density at radius 2 is 2.25 bits per heavy atom. The Labute approximate surface area is 71.2 Å². The topological polar surface area (TPSA) is 55.6 Å². The van der Waals surface area contributed by atoms with E-state index < -0.39 is 5.54 Å². The van der Waals surface area contributed by atoms with Crippen LogP contribution in [0.1, 0.15) is 13.8 Å². The van der Waals surface area contributed by atoms with Gasteiger partial charge in [-0.15, -0.1) is 6.42 Å². The van der Waals surface area contributed by atoms with Crippen LogP contribution in [-0.4, -0.2) is 25.7 Å². The maximum atomic E-state index is 5.28. The van der Waals surface area contributed by atoms with Gasteiger partial charge in [0.15, 0.2) is 0 Å². The van der Waals surface area contributed by atoms with Crippen molar-refractivity contribution in [2.75, 3.05) is 5.32 Å². The quantitative estimate of drug-likeness (QED) is 0.628. The summed E-state index contributed by atoms with van der Waals surface area (Å²) in [5, 5.41) is 13.9. The molecule has 1 N–H and O–H groups in total. The van der Waals surface area contributed by atoms with Crippen molar-refractivity contribution in [1.82, 2.24) is 20.2 Å². The van der Waals surface area contributed by atoms with Gasteiger partial charge < -0.3 is 5.32 Å². The van der Waals surface area contributed by atoms with Crippen LogP contribution in [-0.2, 0) is 7.05 Å². The summed E-state index contributed by atoms with van der Waals surface area (Å²) < 4.78 is 1.53. The maximum Gasteiger partial charge on any atom is 0.243 e. The van der Waals surface area contributed by atoms with Gasteiger partial charge in [-0.3, -0.25) is 0 Å². The third kappa shape index (κ3) is 1.72. The molecular formula is C7H11N5. The molecule has 0 saturated heterocycles. The van der Waals surface area contributed by atoms with Crippen LogP contribution in [0.3, 0.4) is 0 Å². The number of terminal acetylenes is 1. The predicted molar refractivity (Wildman–Crippen MR) is 45.3 cm³/mol. The molecule has 0 spiro atoms. The van der Waals surface area contributed by atoms with Gasteiger partial charge in [0.2, 0.25) is 5.95 Å². The second kappa shape index (κ2) is 2.81. The minimum absolute atomic E-state index is 0.428. The van der Waals surface area contributed by atoms with E-state index in [1.165, 1.54) is 4.68 Å². The van der Waals surface area contributed by atoms with E-state index in [1.807, 2.05) is 13.8 Å².